The van der Waals surface area contributed by atoms with E-state index in [0.29, 0.717) is 37.3 Å². The molecule has 0 radical (unpaired) electrons. The van der Waals surface area contributed by atoms with Gasteiger partial charge < -0.3 is 26.2 Å². The zero-order valence-electron chi connectivity index (χ0n) is 24.4. The molecule has 0 bridgehead atoms. The number of amides is 2. The smallest absolute Gasteiger partial charge is 0.407 e. The predicted molar refractivity (Wildman–Crippen MR) is 158 cm³/mol. The van der Waals surface area contributed by atoms with Crippen molar-refractivity contribution in [3.8, 4) is 0 Å². The number of aliphatic hydroxyl groups is 1. The zero-order valence-corrected chi connectivity index (χ0v) is 25.2. The second-order valence-electron chi connectivity index (χ2n) is 10.6. The summed E-state index contributed by atoms with van der Waals surface area (Å²) in [6, 6.07) is 7.33. The number of aliphatic hydroxyl groups excluding tert-OH is 1. The van der Waals surface area contributed by atoms with Crippen molar-refractivity contribution < 1.29 is 37.0 Å². The minimum absolute atomic E-state index is 0.0521. The van der Waals surface area contributed by atoms with Crippen LogP contribution < -0.4 is 11.1 Å². The summed E-state index contributed by atoms with van der Waals surface area (Å²) in [5.74, 6) is -3.24. The first-order valence-corrected chi connectivity index (χ1v) is 16.0. The van der Waals surface area contributed by atoms with Gasteiger partial charge in [-0.25, -0.2) is 22.0 Å². The molecule has 0 heterocycles. The van der Waals surface area contributed by atoms with E-state index in [0.717, 1.165) is 29.0 Å². The number of carboxylic acid groups (broad SMARTS) is 1. The molecule has 2 rings (SSSR count). The number of sulfone groups is 1. The van der Waals surface area contributed by atoms with E-state index < -0.39 is 69.2 Å². The van der Waals surface area contributed by atoms with Crippen molar-refractivity contribution in [3.05, 3.63) is 70.8 Å². The molecule has 12 heteroatoms. The zero-order chi connectivity index (χ0) is 31.4. The second kappa shape index (κ2) is 16.5. The van der Waals surface area contributed by atoms with Gasteiger partial charge in [0.05, 0.1) is 35.7 Å². The van der Waals surface area contributed by atoms with Gasteiger partial charge >= 0.3 is 6.09 Å². The van der Waals surface area contributed by atoms with Gasteiger partial charge in [-0.05, 0) is 54.5 Å². The minimum atomic E-state index is -3.72. The van der Waals surface area contributed by atoms with Crippen molar-refractivity contribution in [2.75, 3.05) is 12.3 Å². The van der Waals surface area contributed by atoms with Crippen LogP contribution in [0.15, 0.2) is 42.5 Å². The highest BCUT2D eigenvalue weighted by Crippen LogP contribution is 2.18. The molecule has 2 amide bonds. The monoisotopic (exact) mass is 611 g/mol. The number of aryl methyl sites for hydroxylation is 1. The van der Waals surface area contributed by atoms with Crippen LogP contribution in [0.25, 0.3) is 0 Å². The van der Waals surface area contributed by atoms with Crippen LogP contribution in [0.3, 0.4) is 0 Å². The molecule has 42 heavy (non-hydrogen) atoms. The van der Waals surface area contributed by atoms with Crippen LogP contribution in [0.1, 0.15) is 63.1 Å². The van der Waals surface area contributed by atoms with Crippen LogP contribution in [-0.4, -0.2) is 71.3 Å². The van der Waals surface area contributed by atoms with Crippen LogP contribution in [-0.2, 0) is 34.0 Å². The van der Waals surface area contributed by atoms with E-state index in [1.807, 2.05) is 32.9 Å². The normalized spacial score (nSPS) is 13.9. The SMILES string of the molecule is CCCC(CCC)S(=O)(=O)CC(N)C(=O)N[C@@H](Cc1cc(F)cc(F)c1)[C@H](O)CN(Cc1cccc(CC)c1)C(=O)O. The summed E-state index contributed by atoms with van der Waals surface area (Å²) in [6.45, 7) is 5.20. The van der Waals surface area contributed by atoms with Crippen molar-refractivity contribution in [2.45, 2.75) is 89.3 Å². The minimum Gasteiger partial charge on any atom is -0.465 e. The van der Waals surface area contributed by atoms with E-state index in [1.54, 1.807) is 12.1 Å². The highest BCUT2D eigenvalue weighted by molar-refractivity contribution is 7.92. The molecule has 3 atom stereocenters. The molecular formula is C30H43F2N3O6S. The maximum atomic E-state index is 13.9. The van der Waals surface area contributed by atoms with Crippen LogP contribution in [0.2, 0.25) is 0 Å². The number of hydrogen-bond donors (Lipinski definition) is 4. The molecule has 0 saturated carbocycles. The fourth-order valence-corrected chi connectivity index (χ4v) is 7.01. The molecule has 0 saturated heterocycles. The lowest BCUT2D eigenvalue weighted by Gasteiger charge is -2.30. The van der Waals surface area contributed by atoms with Crippen molar-refractivity contribution in [2.24, 2.45) is 5.73 Å². The summed E-state index contributed by atoms with van der Waals surface area (Å²) in [6.07, 6.45) is -0.212. The van der Waals surface area contributed by atoms with E-state index in [-0.39, 0.29) is 18.5 Å². The summed E-state index contributed by atoms with van der Waals surface area (Å²) < 4.78 is 53.8. The van der Waals surface area contributed by atoms with Crippen molar-refractivity contribution in [1.82, 2.24) is 10.2 Å². The first-order valence-electron chi connectivity index (χ1n) is 14.3. The Balaban J connectivity index is 2.28. The summed E-state index contributed by atoms with van der Waals surface area (Å²) in [5.41, 5.74) is 7.80. The Morgan fingerprint density at radius 1 is 0.976 bits per heavy atom. The highest BCUT2D eigenvalue weighted by atomic mass is 32.2. The van der Waals surface area contributed by atoms with Gasteiger partial charge in [-0.1, -0.05) is 57.9 Å². The van der Waals surface area contributed by atoms with Gasteiger partial charge in [-0.3, -0.25) is 4.79 Å². The highest BCUT2D eigenvalue weighted by Gasteiger charge is 2.32. The summed E-state index contributed by atoms with van der Waals surface area (Å²) in [5, 5.41) is 22.8. The molecule has 0 aliphatic heterocycles. The first kappa shape index (κ1) is 35.1. The maximum Gasteiger partial charge on any atom is 0.407 e. The summed E-state index contributed by atoms with van der Waals surface area (Å²) >= 11 is 0. The number of nitrogens with zero attached hydrogens (tertiary/aromatic N) is 1. The lowest BCUT2D eigenvalue weighted by molar-refractivity contribution is -0.123. The topological polar surface area (TPSA) is 150 Å². The molecule has 0 spiro atoms. The van der Waals surface area contributed by atoms with Gasteiger partial charge in [0.2, 0.25) is 5.91 Å². The Kier molecular flexibility index (Phi) is 13.8. The summed E-state index contributed by atoms with van der Waals surface area (Å²) in [7, 11) is -3.72. The third-order valence-corrected chi connectivity index (χ3v) is 9.41. The molecule has 0 fully saturated rings. The second-order valence-corrected chi connectivity index (χ2v) is 13.0. The Labute approximate surface area is 247 Å². The molecule has 234 valence electrons. The van der Waals surface area contributed by atoms with Crippen molar-refractivity contribution >= 4 is 21.8 Å². The molecule has 2 aromatic rings. The van der Waals surface area contributed by atoms with Crippen LogP contribution in [0, 0.1) is 11.6 Å². The number of benzene rings is 2. The van der Waals surface area contributed by atoms with Gasteiger partial charge in [0.15, 0.2) is 9.84 Å². The molecule has 0 aromatic heterocycles. The van der Waals surface area contributed by atoms with E-state index >= 15 is 0 Å². The van der Waals surface area contributed by atoms with Gasteiger partial charge in [0.25, 0.3) is 0 Å². The summed E-state index contributed by atoms with van der Waals surface area (Å²) in [4.78, 5) is 26.1. The van der Waals surface area contributed by atoms with Crippen molar-refractivity contribution in [3.63, 3.8) is 0 Å². The number of halogens is 2. The predicted octanol–water partition coefficient (Wildman–Crippen LogP) is 3.81. The number of hydrogen-bond acceptors (Lipinski definition) is 6. The largest absolute Gasteiger partial charge is 0.465 e. The molecule has 9 nitrogen and oxygen atoms in total. The standard InChI is InChI=1S/C30H43F2N3O6S/c1-4-8-25(9-5-2)42(40,41)19-26(33)29(37)34-27(15-22-13-23(31)16-24(32)14-22)28(36)18-35(30(38)39)17-21-11-7-10-20(6-3)12-21/h7,10-14,16,25-28,36H,4-6,8-9,15,17-19,33H2,1-3H3,(H,34,37)(H,38,39)/t26?,27-,28+/m0/s1. The lowest BCUT2D eigenvalue weighted by Crippen LogP contribution is -2.55. The van der Waals surface area contributed by atoms with Gasteiger partial charge in [0.1, 0.15) is 11.6 Å². The number of nitrogens with one attached hydrogen (secondary N) is 1. The number of carbonyl (C=O) groups excluding carboxylic acids is 1. The fraction of sp³-hybridized carbons (Fsp3) is 0.533. The third-order valence-electron chi connectivity index (χ3n) is 7.10. The average Bonchev–Trinajstić information content (AvgIpc) is 2.91. The van der Waals surface area contributed by atoms with Crippen LogP contribution >= 0.6 is 0 Å². The molecule has 5 N–H and O–H groups in total. The Bertz CT molecular complexity index is 1270. The molecule has 0 aliphatic rings. The number of nitrogens with two attached hydrogens (primary N) is 1. The Hall–Kier alpha value is -3.09. The maximum absolute atomic E-state index is 13.9. The van der Waals surface area contributed by atoms with Gasteiger partial charge in [-0.15, -0.1) is 0 Å². The third kappa shape index (κ3) is 11.0. The molecule has 1 unspecified atom stereocenters. The van der Waals surface area contributed by atoms with Gasteiger partial charge in [-0.2, -0.15) is 0 Å². The Morgan fingerprint density at radius 3 is 2.12 bits per heavy atom. The number of carbonyl (C=O) groups is 2. The van der Waals surface area contributed by atoms with Crippen LogP contribution in [0.5, 0.6) is 0 Å². The lowest BCUT2D eigenvalue weighted by atomic mass is 9.99. The quantitative estimate of drug-likeness (QED) is 0.213. The molecular weight excluding hydrogens is 568 g/mol. The fourth-order valence-electron chi connectivity index (χ4n) is 4.90. The number of rotatable bonds is 17. The molecule has 2 aromatic carbocycles. The first-order chi connectivity index (χ1) is 19.8. The van der Waals surface area contributed by atoms with E-state index in [2.05, 4.69) is 5.32 Å². The van der Waals surface area contributed by atoms with Crippen molar-refractivity contribution in [1.29, 1.82) is 0 Å². The Morgan fingerprint density at radius 2 is 1.57 bits per heavy atom. The molecule has 0 aliphatic carbocycles. The van der Waals surface area contributed by atoms with E-state index in [9.17, 15) is 37.0 Å². The van der Waals surface area contributed by atoms with E-state index in [1.165, 1.54) is 0 Å². The van der Waals surface area contributed by atoms with E-state index in [4.69, 9.17) is 5.73 Å². The van der Waals surface area contributed by atoms with Gasteiger partial charge in [0, 0.05) is 12.6 Å². The average molecular weight is 612 g/mol. The van der Waals surface area contributed by atoms with Crippen LogP contribution in [0.4, 0.5) is 13.6 Å².